The second kappa shape index (κ2) is 11.2. The summed E-state index contributed by atoms with van der Waals surface area (Å²) in [5, 5.41) is 0. The quantitative estimate of drug-likeness (QED) is 0.437. The van der Waals surface area contributed by atoms with Crippen LogP contribution in [-0.2, 0) is 6.42 Å². The van der Waals surface area contributed by atoms with E-state index in [4.69, 9.17) is 0 Å². The van der Waals surface area contributed by atoms with E-state index in [1.54, 1.807) is 0 Å². The molecule has 0 bridgehead atoms. The van der Waals surface area contributed by atoms with Crippen molar-refractivity contribution in [2.45, 2.75) is 65.5 Å². The topological polar surface area (TPSA) is 69.6 Å². The molecule has 0 spiro atoms. The lowest BCUT2D eigenvalue weighted by Crippen LogP contribution is -2.46. The minimum absolute atomic E-state index is 0.0156. The Kier molecular flexibility index (Phi) is 7.69. The Bertz CT molecular complexity index is 1360. The van der Waals surface area contributed by atoms with Crippen LogP contribution in [0.4, 0.5) is 5.82 Å². The first-order valence-electron chi connectivity index (χ1n) is 14.1. The molecule has 2 heterocycles. The zero-order valence-electron chi connectivity index (χ0n) is 23.8. The third-order valence-corrected chi connectivity index (χ3v) is 8.40. The average molecular weight is 526 g/mol. The van der Waals surface area contributed by atoms with Crippen LogP contribution in [-0.4, -0.2) is 64.3 Å². The number of rotatable bonds is 6. The largest absolute Gasteiger partial charge is 0.356 e. The van der Waals surface area contributed by atoms with Crippen molar-refractivity contribution in [1.29, 1.82) is 0 Å². The van der Waals surface area contributed by atoms with Crippen molar-refractivity contribution in [3.8, 4) is 0 Å². The van der Waals surface area contributed by atoms with Crippen molar-refractivity contribution in [3.63, 3.8) is 0 Å². The summed E-state index contributed by atoms with van der Waals surface area (Å²) in [5.74, 6) is 1.86. The fourth-order valence-corrected chi connectivity index (χ4v) is 6.22. The van der Waals surface area contributed by atoms with Crippen molar-refractivity contribution in [3.05, 3.63) is 87.9 Å². The van der Waals surface area contributed by atoms with E-state index in [-0.39, 0.29) is 23.9 Å². The Morgan fingerprint density at radius 2 is 1.69 bits per heavy atom. The molecule has 1 aliphatic carbocycles. The Morgan fingerprint density at radius 1 is 0.949 bits per heavy atom. The van der Waals surface area contributed by atoms with Gasteiger partial charge in [-0.2, -0.15) is 0 Å². The van der Waals surface area contributed by atoms with Crippen LogP contribution in [0.1, 0.15) is 81.2 Å². The smallest absolute Gasteiger partial charge is 0.254 e. The third kappa shape index (κ3) is 5.40. The van der Waals surface area contributed by atoms with Gasteiger partial charge in [0.2, 0.25) is 0 Å². The predicted molar refractivity (Wildman–Crippen MR) is 154 cm³/mol. The van der Waals surface area contributed by atoms with E-state index in [0.717, 1.165) is 72.8 Å². The molecule has 1 fully saturated rings. The first-order valence-corrected chi connectivity index (χ1v) is 14.1. The van der Waals surface area contributed by atoms with E-state index >= 15 is 0 Å². The Hall–Kier alpha value is -3.74. The van der Waals surface area contributed by atoms with Crippen LogP contribution < -0.4 is 4.90 Å². The summed E-state index contributed by atoms with van der Waals surface area (Å²) in [6, 6.07) is 16.1. The molecule has 1 saturated heterocycles. The van der Waals surface area contributed by atoms with Crippen LogP contribution in [0.3, 0.4) is 0 Å². The Morgan fingerprint density at radius 3 is 2.38 bits per heavy atom. The summed E-state index contributed by atoms with van der Waals surface area (Å²) in [6.45, 7) is 10.3. The van der Waals surface area contributed by atoms with Crippen LogP contribution >= 0.6 is 0 Å². The van der Waals surface area contributed by atoms with Crippen LogP contribution in [0.15, 0.2) is 48.5 Å². The fourth-order valence-electron chi connectivity index (χ4n) is 6.22. The number of hydrogen-bond donors (Lipinski definition) is 0. The van der Waals surface area contributed by atoms with Gasteiger partial charge in [-0.25, -0.2) is 9.97 Å². The molecule has 204 valence electrons. The number of piperidine rings is 1. The SMILES string of the molecule is CCN(C(=O)c1ccccc1C)C1CCc2ccc(C(=O)N(C)C3CCN(c4cc(C)nc(C)n4)CC3)cc21. The summed E-state index contributed by atoms with van der Waals surface area (Å²) in [6.07, 6.45) is 3.59. The molecule has 2 aliphatic rings. The van der Waals surface area contributed by atoms with E-state index in [2.05, 4.69) is 20.9 Å². The lowest BCUT2D eigenvalue weighted by atomic mass is 9.99. The van der Waals surface area contributed by atoms with Gasteiger partial charge in [0.1, 0.15) is 11.6 Å². The van der Waals surface area contributed by atoms with Gasteiger partial charge in [-0.05, 0) is 88.3 Å². The van der Waals surface area contributed by atoms with E-state index in [9.17, 15) is 9.59 Å². The van der Waals surface area contributed by atoms with Crippen molar-refractivity contribution in [2.24, 2.45) is 0 Å². The number of amides is 2. The van der Waals surface area contributed by atoms with Gasteiger partial charge in [-0.15, -0.1) is 0 Å². The molecule has 2 aromatic carbocycles. The molecule has 1 aliphatic heterocycles. The number of benzene rings is 2. The van der Waals surface area contributed by atoms with Gasteiger partial charge in [0.05, 0.1) is 6.04 Å². The summed E-state index contributed by atoms with van der Waals surface area (Å²) in [7, 11) is 1.92. The summed E-state index contributed by atoms with van der Waals surface area (Å²) in [5.41, 5.74) is 5.76. The molecule has 2 amide bonds. The Labute approximate surface area is 231 Å². The molecule has 3 aromatic rings. The molecule has 0 saturated carbocycles. The van der Waals surface area contributed by atoms with Gasteiger partial charge >= 0.3 is 0 Å². The zero-order chi connectivity index (χ0) is 27.7. The molecule has 7 nitrogen and oxygen atoms in total. The van der Waals surface area contributed by atoms with Crippen LogP contribution in [0.2, 0.25) is 0 Å². The summed E-state index contributed by atoms with van der Waals surface area (Å²) in [4.78, 5) is 42.4. The lowest BCUT2D eigenvalue weighted by Gasteiger charge is -2.37. The van der Waals surface area contributed by atoms with Crippen molar-refractivity contribution in [1.82, 2.24) is 19.8 Å². The van der Waals surface area contributed by atoms with Crippen molar-refractivity contribution >= 4 is 17.6 Å². The monoisotopic (exact) mass is 525 g/mol. The maximum absolute atomic E-state index is 13.6. The number of carbonyl (C=O) groups excluding carboxylic acids is 2. The molecule has 5 rings (SSSR count). The number of anilines is 1. The average Bonchev–Trinajstić information content (AvgIpc) is 3.35. The highest BCUT2D eigenvalue weighted by atomic mass is 16.2. The van der Waals surface area contributed by atoms with Crippen LogP contribution in [0.5, 0.6) is 0 Å². The molecule has 7 heteroatoms. The predicted octanol–water partition coefficient (Wildman–Crippen LogP) is 5.29. The van der Waals surface area contributed by atoms with E-state index < -0.39 is 0 Å². The number of nitrogens with zero attached hydrogens (tertiary/aromatic N) is 5. The summed E-state index contributed by atoms with van der Waals surface area (Å²) < 4.78 is 0. The normalized spacial score (nSPS) is 17.2. The molecule has 1 unspecified atom stereocenters. The van der Waals surface area contributed by atoms with Gasteiger partial charge in [0, 0.05) is 55.6 Å². The van der Waals surface area contributed by atoms with Gasteiger partial charge in [0.15, 0.2) is 0 Å². The van der Waals surface area contributed by atoms with Gasteiger partial charge in [0.25, 0.3) is 11.8 Å². The maximum atomic E-state index is 13.6. The highest BCUT2D eigenvalue weighted by Gasteiger charge is 2.33. The summed E-state index contributed by atoms with van der Waals surface area (Å²) >= 11 is 0. The number of hydrogen-bond acceptors (Lipinski definition) is 5. The van der Waals surface area contributed by atoms with Crippen molar-refractivity contribution in [2.75, 3.05) is 31.6 Å². The second-order valence-corrected chi connectivity index (χ2v) is 10.9. The molecule has 0 N–H and O–H groups in total. The molecule has 1 atom stereocenters. The minimum Gasteiger partial charge on any atom is -0.356 e. The van der Waals surface area contributed by atoms with Crippen LogP contribution in [0, 0.1) is 20.8 Å². The van der Waals surface area contributed by atoms with E-state index in [1.165, 1.54) is 5.56 Å². The first-order chi connectivity index (χ1) is 18.8. The molecule has 0 radical (unpaired) electrons. The van der Waals surface area contributed by atoms with E-state index in [1.807, 2.05) is 87.0 Å². The highest BCUT2D eigenvalue weighted by Crippen LogP contribution is 2.37. The molecule has 39 heavy (non-hydrogen) atoms. The molecule has 1 aromatic heterocycles. The number of fused-ring (bicyclic) bond motifs is 1. The maximum Gasteiger partial charge on any atom is 0.254 e. The highest BCUT2D eigenvalue weighted by molar-refractivity contribution is 5.96. The van der Waals surface area contributed by atoms with Crippen LogP contribution in [0.25, 0.3) is 0 Å². The lowest BCUT2D eigenvalue weighted by molar-refractivity contribution is 0.0687. The number of carbonyl (C=O) groups is 2. The fraction of sp³-hybridized carbons (Fsp3) is 0.438. The van der Waals surface area contributed by atoms with E-state index in [0.29, 0.717) is 12.1 Å². The Balaban J connectivity index is 1.29. The molecular weight excluding hydrogens is 486 g/mol. The van der Waals surface area contributed by atoms with Gasteiger partial charge in [-0.3, -0.25) is 9.59 Å². The second-order valence-electron chi connectivity index (χ2n) is 10.9. The van der Waals surface area contributed by atoms with Gasteiger partial charge < -0.3 is 14.7 Å². The van der Waals surface area contributed by atoms with Gasteiger partial charge in [-0.1, -0.05) is 24.3 Å². The minimum atomic E-state index is -0.0156. The molecular formula is C32H39N5O2. The standard InChI is InChI=1S/C32H39N5O2/c1-6-37(32(39)27-10-8-7-9-21(27)2)29-14-13-24-11-12-25(20-28(24)29)31(38)35(5)26-15-17-36(18-16-26)30-19-22(3)33-23(4)34-30/h7-12,19-20,26,29H,6,13-18H2,1-5H3. The van der Waals surface area contributed by atoms with Crippen molar-refractivity contribution < 1.29 is 9.59 Å². The number of aryl methyl sites for hydroxylation is 4. The zero-order valence-corrected chi connectivity index (χ0v) is 23.8. The number of aromatic nitrogens is 2. The third-order valence-electron chi connectivity index (χ3n) is 8.40. The first kappa shape index (κ1) is 26.9.